The Morgan fingerprint density at radius 2 is 2.19 bits per heavy atom. The third-order valence-corrected chi connectivity index (χ3v) is 3.44. The maximum absolute atomic E-state index is 5.56. The second-order valence-corrected chi connectivity index (χ2v) is 4.95. The Bertz CT molecular complexity index is 353. The van der Waals surface area contributed by atoms with Gasteiger partial charge in [0.05, 0.1) is 0 Å². The molecule has 0 aromatic carbocycles. The van der Waals surface area contributed by atoms with Crippen LogP contribution in [0.5, 0.6) is 0 Å². The van der Waals surface area contributed by atoms with E-state index in [1.165, 1.54) is 19.3 Å². The van der Waals surface area contributed by atoms with Gasteiger partial charge in [-0.15, -0.1) is 0 Å². The number of nitrogens with zero attached hydrogens (tertiary/aromatic N) is 2. The number of nitrogen functional groups attached to an aromatic ring is 1. The maximum Gasteiger partial charge on any atom is 0.221 e. The zero-order valence-electron chi connectivity index (χ0n) is 9.98. The summed E-state index contributed by atoms with van der Waals surface area (Å²) in [6, 6.07) is 2.40. The second-order valence-electron chi connectivity index (χ2n) is 4.95. The van der Waals surface area contributed by atoms with Gasteiger partial charge in [0.15, 0.2) is 0 Å². The molecule has 88 valence electrons. The fourth-order valence-corrected chi connectivity index (χ4v) is 2.52. The van der Waals surface area contributed by atoms with Crippen LogP contribution in [0.4, 0.5) is 11.8 Å². The number of anilines is 2. The molecule has 4 nitrogen and oxygen atoms in total. The van der Waals surface area contributed by atoms with E-state index < -0.39 is 0 Å². The van der Waals surface area contributed by atoms with Crippen molar-refractivity contribution in [3.05, 3.63) is 12.3 Å². The lowest BCUT2D eigenvalue weighted by Gasteiger charge is -2.33. The second kappa shape index (κ2) is 4.68. The molecule has 3 N–H and O–H groups in total. The molecule has 1 fully saturated rings. The van der Waals surface area contributed by atoms with E-state index in [0.29, 0.717) is 17.9 Å². The number of nitrogens with two attached hydrogens (primary N) is 1. The Morgan fingerprint density at radius 3 is 2.88 bits per heavy atom. The first-order valence-corrected chi connectivity index (χ1v) is 6.00. The van der Waals surface area contributed by atoms with Gasteiger partial charge in [-0.25, -0.2) is 4.98 Å². The van der Waals surface area contributed by atoms with Gasteiger partial charge < -0.3 is 11.1 Å². The molecule has 16 heavy (non-hydrogen) atoms. The Balaban J connectivity index is 1.99. The molecule has 0 bridgehead atoms. The monoisotopic (exact) mass is 220 g/mol. The van der Waals surface area contributed by atoms with E-state index in [9.17, 15) is 0 Å². The number of nitrogens with one attached hydrogen (secondary N) is 1. The van der Waals surface area contributed by atoms with Crippen molar-refractivity contribution in [1.29, 1.82) is 0 Å². The van der Waals surface area contributed by atoms with Gasteiger partial charge >= 0.3 is 0 Å². The zero-order chi connectivity index (χ0) is 11.5. The first-order chi connectivity index (χ1) is 7.65. The van der Waals surface area contributed by atoms with Crippen LogP contribution in [0, 0.1) is 11.8 Å². The molecule has 0 aliphatic heterocycles. The van der Waals surface area contributed by atoms with E-state index >= 15 is 0 Å². The number of rotatable bonds is 2. The molecule has 0 amide bonds. The first-order valence-electron chi connectivity index (χ1n) is 6.00. The number of hydrogen-bond donors (Lipinski definition) is 2. The Kier molecular flexibility index (Phi) is 3.27. The van der Waals surface area contributed by atoms with Gasteiger partial charge in [-0.2, -0.15) is 4.98 Å². The lowest BCUT2D eigenvalue weighted by atomic mass is 9.80. The number of hydrogen-bond acceptors (Lipinski definition) is 4. The van der Waals surface area contributed by atoms with Crippen molar-refractivity contribution in [3.8, 4) is 0 Å². The molecule has 1 aliphatic rings. The molecule has 3 atom stereocenters. The fraction of sp³-hybridized carbons (Fsp3) is 0.667. The average molecular weight is 220 g/mol. The maximum atomic E-state index is 5.56. The molecule has 0 saturated heterocycles. The van der Waals surface area contributed by atoms with E-state index in [4.69, 9.17) is 5.73 Å². The number of aromatic nitrogens is 2. The molecule has 3 unspecified atom stereocenters. The fourth-order valence-electron chi connectivity index (χ4n) is 2.52. The minimum absolute atomic E-state index is 0.335. The normalized spacial score (nSPS) is 30.0. The summed E-state index contributed by atoms with van der Waals surface area (Å²) >= 11 is 0. The minimum Gasteiger partial charge on any atom is -0.368 e. The zero-order valence-corrected chi connectivity index (χ0v) is 9.98. The summed E-state index contributed by atoms with van der Waals surface area (Å²) in [5, 5.41) is 3.46. The molecule has 1 heterocycles. The topological polar surface area (TPSA) is 63.8 Å². The molecule has 2 rings (SSSR count). The van der Waals surface area contributed by atoms with Gasteiger partial charge in [-0.1, -0.05) is 13.8 Å². The summed E-state index contributed by atoms with van der Waals surface area (Å²) in [6.07, 6.45) is 5.49. The van der Waals surface area contributed by atoms with Crippen molar-refractivity contribution in [1.82, 2.24) is 9.97 Å². The summed E-state index contributed by atoms with van der Waals surface area (Å²) in [4.78, 5) is 8.07. The summed E-state index contributed by atoms with van der Waals surface area (Å²) in [5.74, 6) is 2.73. The van der Waals surface area contributed by atoms with Gasteiger partial charge in [-0.3, -0.25) is 0 Å². The molecular weight excluding hydrogens is 200 g/mol. The quantitative estimate of drug-likeness (QED) is 0.802. The largest absolute Gasteiger partial charge is 0.368 e. The minimum atomic E-state index is 0.335. The molecule has 4 heteroatoms. The molecule has 1 aromatic heterocycles. The van der Waals surface area contributed by atoms with Crippen molar-refractivity contribution in [3.63, 3.8) is 0 Å². The molecule has 0 radical (unpaired) electrons. The summed E-state index contributed by atoms with van der Waals surface area (Å²) < 4.78 is 0. The van der Waals surface area contributed by atoms with Gasteiger partial charge in [0.2, 0.25) is 5.95 Å². The van der Waals surface area contributed by atoms with Crippen molar-refractivity contribution in [2.75, 3.05) is 11.1 Å². The standard InChI is InChI=1S/C12H20N4/c1-8-3-4-10(9(2)7-8)15-11-5-6-14-12(13)16-11/h5-6,8-10H,3-4,7H2,1-2H3,(H3,13,14,15,16). The highest BCUT2D eigenvalue weighted by Gasteiger charge is 2.25. The van der Waals surface area contributed by atoms with Crippen molar-refractivity contribution in [2.45, 2.75) is 39.2 Å². The lowest BCUT2D eigenvalue weighted by Crippen LogP contribution is -2.33. The summed E-state index contributed by atoms with van der Waals surface area (Å²) in [6.45, 7) is 4.63. The van der Waals surface area contributed by atoms with Gasteiger partial charge in [0, 0.05) is 12.2 Å². The van der Waals surface area contributed by atoms with Gasteiger partial charge in [0.25, 0.3) is 0 Å². The highest BCUT2D eigenvalue weighted by molar-refractivity contribution is 5.38. The van der Waals surface area contributed by atoms with Crippen LogP contribution in [0.1, 0.15) is 33.1 Å². The summed E-state index contributed by atoms with van der Waals surface area (Å²) in [7, 11) is 0. The molecule has 1 aliphatic carbocycles. The third-order valence-electron chi connectivity index (χ3n) is 3.44. The average Bonchev–Trinajstić information content (AvgIpc) is 2.22. The van der Waals surface area contributed by atoms with Crippen molar-refractivity contribution >= 4 is 11.8 Å². The smallest absolute Gasteiger partial charge is 0.221 e. The predicted molar refractivity (Wildman–Crippen MR) is 66.0 cm³/mol. The van der Waals surface area contributed by atoms with Crippen LogP contribution in [0.25, 0.3) is 0 Å². The lowest BCUT2D eigenvalue weighted by molar-refractivity contribution is 0.276. The van der Waals surface area contributed by atoms with Crippen LogP contribution in [-0.4, -0.2) is 16.0 Å². The van der Waals surface area contributed by atoms with E-state index in [1.807, 2.05) is 6.07 Å². The molecule has 0 spiro atoms. The van der Waals surface area contributed by atoms with Crippen LogP contribution in [0.15, 0.2) is 12.3 Å². The molecule has 1 aromatic rings. The third kappa shape index (κ3) is 2.62. The van der Waals surface area contributed by atoms with Crippen molar-refractivity contribution < 1.29 is 0 Å². The van der Waals surface area contributed by atoms with Crippen LogP contribution in [-0.2, 0) is 0 Å². The van der Waals surface area contributed by atoms with E-state index in [1.54, 1.807) is 6.20 Å². The van der Waals surface area contributed by atoms with E-state index in [2.05, 4.69) is 29.1 Å². The van der Waals surface area contributed by atoms with Crippen LogP contribution in [0.2, 0.25) is 0 Å². The first kappa shape index (κ1) is 11.2. The predicted octanol–water partition coefficient (Wildman–Crippen LogP) is 2.30. The highest BCUT2D eigenvalue weighted by Crippen LogP contribution is 2.30. The molecule has 1 saturated carbocycles. The van der Waals surface area contributed by atoms with Gasteiger partial charge in [0.1, 0.15) is 5.82 Å². The SMILES string of the molecule is CC1CCC(Nc2ccnc(N)n2)C(C)C1. The Morgan fingerprint density at radius 1 is 1.38 bits per heavy atom. The molecular formula is C12H20N4. The van der Waals surface area contributed by atoms with Gasteiger partial charge in [-0.05, 0) is 37.2 Å². The van der Waals surface area contributed by atoms with Crippen LogP contribution < -0.4 is 11.1 Å². The Hall–Kier alpha value is -1.32. The highest BCUT2D eigenvalue weighted by atomic mass is 15.1. The Labute approximate surface area is 96.7 Å². The van der Waals surface area contributed by atoms with E-state index in [0.717, 1.165) is 11.7 Å². The van der Waals surface area contributed by atoms with E-state index in [-0.39, 0.29) is 0 Å². The van der Waals surface area contributed by atoms with Crippen LogP contribution in [0.3, 0.4) is 0 Å². The van der Waals surface area contributed by atoms with Crippen LogP contribution >= 0.6 is 0 Å². The summed E-state index contributed by atoms with van der Waals surface area (Å²) in [5.41, 5.74) is 5.56. The van der Waals surface area contributed by atoms with Crippen molar-refractivity contribution in [2.24, 2.45) is 11.8 Å².